The van der Waals surface area contributed by atoms with E-state index in [1.165, 1.54) is 0 Å². The molecule has 0 aliphatic rings. The first kappa shape index (κ1) is 18.5. The van der Waals surface area contributed by atoms with Crippen LogP contribution in [0.15, 0.2) is 88.2 Å². The van der Waals surface area contributed by atoms with Crippen LogP contribution >= 0.6 is 15.9 Å². The molecular formula is C21H17BrO3S. The van der Waals surface area contributed by atoms with E-state index in [4.69, 9.17) is 0 Å². The van der Waals surface area contributed by atoms with E-state index in [0.717, 1.165) is 16.3 Å². The quantitative estimate of drug-likeness (QED) is 0.517. The molecule has 132 valence electrons. The van der Waals surface area contributed by atoms with Gasteiger partial charge in [-0.05, 0) is 41.8 Å². The molecule has 0 aliphatic heterocycles. The predicted octanol–water partition coefficient (Wildman–Crippen LogP) is 5.02. The Balaban J connectivity index is 2.05. The van der Waals surface area contributed by atoms with Crippen molar-refractivity contribution in [3.8, 4) is 0 Å². The number of sulfone groups is 1. The van der Waals surface area contributed by atoms with Crippen LogP contribution in [-0.2, 0) is 16.3 Å². The highest BCUT2D eigenvalue weighted by Crippen LogP contribution is 2.32. The first-order chi connectivity index (χ1) is 12.5. The summed E-state index contributed by atoms with van der Waals surface area (Å²) in [6.45, 7) is 0. The molecule has 0 radical (unpaired) electrons. The highest BCUT2D eigenvalue weighted by atomic mass is 79.9. The van der Waals surface area contributed by atoms with Gasteiger partial charge in [-0.15, -0.1) is 0 Å². The third-order valence-corrected chi connectivity index (χ3v) is 6.87. The van der Waals surface area contributed by atoms with Crippen LogP contribution in [0, 0.1) is 0 Å². The topological polar surface area (TPSA) is 51.2 Å². The molecule has 0 N–H and O–H groups in total. The first-order valence-electron chi connectivity index (χ1n) is 8.09. The SMILES string of the molecule is O=Cc1ccc(C(Cc2ccc(Br)cc2)S(=O)(=O)c2ccccc2)cc1. The average molecular weight is 429 g/mol. The Labute approximate surface area is 161 Å². The summed E-state index contributed by atoms with van der Waals surface area (Å²) in [7, 11) is -3.58. The van der Waals surface area contributed by atoms with Gasteiger partial charge in [0.25, 0.3) is 0 Å². The zero-order chi connectivity index (χ0) is 18.6. The van der Waals surface area contributed by atoms with E-state index < -0.39 is 15.1 Å². The van der Waals surface area contributed by atoms with Crippen LogP contribution in [0.1, 0.15) is 26.7 Å². The Morgan fingerprint density at radius 3 is 2.04 bits per heavy atom. The fourth-order valence-corrected chi connectivity index (χ4v) is 4.86. The molecule has 0 saturated carbocycles. The minimum Gasteiger partial charge on any atom is -0.298 e. The number of hydrogen-bond acceptors (Lipinski definition) is 3. The molecule has 0 spiro atoms. The van der Waals surface area contributed by atoms with Crippen molar-refractivity contribution in [3.05, 3.63) is 100 Å². The van der Waals surface area contributed by atoms with E-state index in [0.29, 0.717) is 22.4 Å². The minimum atomic E-state index is -3.58. The van der Waals surface area contributed by atoms with Crippen molar-refractivity contribution in [1.82, 2.24) is 0 Å². The highest BCUT2D eigenvalue weighted by Gasteiger charge is 2.29. The van der Waals surface area contributed by atoms with E-state index in [1.807, 2.05) is 24.3 Å². The zero-order valence-corrected chi connectivity index (χ0v) is 16.3. The van der Waals surface area contributed by atoms with Crippen molar-refractivity contribution >= 4 is 32.1 Å². The molecule has 26 heavy (non-hydrogen) atoms. The molecule has 5 heteroatoms. The Morgan fingerprint density at radius 2 is 1.46 bits per heavy atom. The number of carbonyl (C=O) groups is 1. The average Bonchev–Trinajstić information content (AvgIpc) is 2.68. The van der Waals surface area contributed by atoms with Gasteiger partial charge in [0.2, 0.25) is 0 Å². The van der Waals surface area contributed by atoms with E-state index in [1.54, 1.807) is 54.6 Å². The molecule has 0 fully saturated rings. The summed E-state index contributed by atoms with van der Waals surface area (Å²) in [6, 6.07) is 22.8. The second kappa shape index (κ2) is 7.98. The lowest BCUT2D eigenvalue weighted by molar-refractivity contribution is 0.112. The van der Waals surface area contributed by atoms with Crippen LogP contribution < -0.4 is 0 Å². The van der Waals surface area contributed by atoms with E-state index in [9.17, 15) is 13.2 Å². The Bertz CT molecular complexity index is 980. The monoisotopic (exact) mass is 428 g/mol. The molecule has 1 atom stereocenters. The molecule has 0 amide bonds. The summed E-state index contributed by atoms with van der Waals surface area (Å²) < 4.78 is 27.5. The molecular weight excluding hydrogens is 412 g/mol. The fraction of sp³-hybridized carbons (Fsp3) is 0.0952. The van der Waals surface area contributed by atoms with Gasteiger partial charge in [0.05, 0.1) is 10.1 Å². The molecule has 0 saturated heterocycles. The summed E-state index contributed by atoms with van der Waals surface area (Å²) in [4.78, 5) is 11.2. The minimum absolute atomic E-state index is 0.293. The normalized spacial score (nSPS) is 12.5. The number of benzene rings is 3. The number of halogens is 1. The molecule has 1 unspecified atom stereocenters. The smallest absolute Gasteiger partial charge is 0.185 e. The standard InChI is InChI=1S/C21H17BrO3S/c22-19-12-8-16(9-13-19)14-21(18-10-6-17(15-23)7-11-18)26(24,25)20-4-2-1-3-5-20/h1-13,15,21H,14H2. The summed E-state index contributed by atoms with van der Waals surface area (Å²) in [5.41, 5.74) is 2.12. The maximum atomic E-state index is 13.3. The van der Waals surface area contributed by atoms with Gasteiger partial charge >= 0.3 is 0 Å². The van der Waals surface area contributed by atoms with Gasteiger partial charge in [-0.2, -0.15) is 0 Å². The Hall–Kier alpha value is -2.24. The van der Waals surface area contributed by atoms with Gasteiger partial charge < -0.3 is 0 Å². The van der Waals surface area contributed by atoms with E-state index in [-0.39, 0.29) is 0 Å². The van der Waals surface area contributed by atoms with Crippen LogP contribution in [0.2, 0.25) is 0 Å². The third-order valence-electron chi connectivity index (χ3n) is 4.22. The maximum Gasteiger partial charge on any atom is 0.185 e. The van der Waals surface area contributed by atoms with Crippen LogP contribution in [0.25, 0.3) is 0 Å². The third kappa shape index (κ3) is 4.11. The van der Waals surface area contributed by atoms with E-state index in [2.05, 4.69) is 15.9 Å². The summed E-state index contributed by atoms with van der Waals surface area (Å²) >= 11 is 3.40. The summed E-state index contributed by atoms with van der Waals surface area (Å²) in [6.07, 6.45) is 1.10. The van der Waals surface area contributed by atoms with Crippen molar-refractivity contribution in [3.63, 3.8) is 0 Å². The lowest BCUT2D eigenvalue weighted by Gasteiger charge is -2.19. The van der Waals surface area contributed by atoms with Gasteiger partial charge in [0.1, 0.15) is 6.29 Å². The van der Waals surface area contributed by atoms with Gasteiger partial charge in [0.15, 0.2) is 9.84 Å². The van der Waals surface area contributed by atoms with Crippen LogP contribution in [0.3, 0.4) is 0 Å². The molecule has 0 aliphatic carbocycles. The van der Waals surface area contributed by atoms with Gasteiger partial charge in [-0.1, -0.05) is 70.5 Å². The molecule has 0 bridgehead atoms. The van der Waals surface area contributed by atoms with Crippen molar-refractivity contribution in [2.45, 2.75) is 16.6 Å². The summed E-state index contributed by atoms with van der Waals surface area (Å²) in [5, 5.41) is -0.730. The number of carbonyl (C=O) groups excluding carboxylic acids is 1. The summed E-state index contributed by atoms with van der Waals surface area (Å²) in [5.74, 6) is 0. The van der Waals surface area contributed by atoms with Gasteiger partial charge in [-0.3, -0.25) is 4.79 Å². The van der Waals surface area contributed by atoms with Crippen LogP contribution in [0.5, 0.6) is 0 Å². The van der Waals surface area contributed by atoms with Crippen LogP contribution in [-0.4, -0.2) is 14.7 Å². The predicted molar refractivity (Wildman–Crippen MR) is 106 cm³/mol. The molecule has 0 aromatic heterocycles. The zero-order valence-electron chi connectivity index (χ0n) is 13.9. The van der Waals surface area contributed by atoms with Crippen molar-refractivity contribution < 1.29 is 13.2 Å². The largest absolute Gasteiger partial charge is 0.298 e. The maximum absolute atomic E-state index is 13.3. The number of hydrogen-bond donors (Lipinski definition) is 0. The van der Waals surface area contributed by atoms with Crippen molar-refractivity contribution in [1.29, 1.82) is 0 Å². The molecule has 3 nitrogen and oxygen atoms in total. The fourth-order valence-electron chi connectivity index (χ4n) is 2.80. The molecule has 3 aromatic rings. The van der Waals surface area contributed by atoms with Crippen LogP contribution in [0.4, 0.5) is 0 Å². The van der Waals surface area contributed by atoms with Crippen molar-refractivity contribution in [2.24, 2.45) is 0 Å². The van der Waals surface area contributed by atoms with Gasteiger partial charge in [0, 0.05) is 10.0 Å². The van der Waals surface area contributed by atoms with Crippen molar-refractivity contribution in [2.75, 3.05) is 0 Å². The Kier molecular flexibility index (Phi) is 5.69. The second-order valence-corrected chi connectivity index (χ2v) is 9.01. The second-order valence-electron chi connectivity index (χ2n) is 5.96. The first-order valence-corrected chi connectivity index (χ1v) is 10.4. The highest BCUT2D eigenvalue weighted by molar-refractivity contribution is 9.10. The Morgan fingerprint density at radius 1 is 0.846 bits per heavy atom. The number of rotatable bonds is 6. The van der Waals surface area contributed by atoms with Gasteiger partial charge in [-0.25, -0.2) is 8.42 Å². The lowest BCUT2D eigenvalue weighted by Crippen LogP contribution is -2.16. The van der Waals surface area contributed by atoms with E-state index >= 15 is 0 Å². The lowest BCUT2D eigenvalue weighted by atomic mass is 10.0. The molecule has 3 rings (SSSR count). The molecule has 0 heterocycles. The number of aldehydes is 1. The molecule has 3 aromatic carbocycles.